The van der Waals surface area contributed by atoms with Gasteiger partial charge >= 0.3 is 0 Å². The van der Waals surface area contributed by atoms with E-state index in [1.807, 2.05) is 6.07 Å². The first-order chi connectivity index (χ1) is 7.81. The highest BCUT2D eigenvalue weighted by molar-refractivity contribution is 14.1. The van der Waals surface area contributed by atoms with E-state index in [9.17, 15) is 4.79 Å². The summed E-state index contributed by atoms with van der Waals surface area (Å²) in [6.45, 7) is 2.07. The van der Waals surface area contributed by atoms with E-state index in [0.29, 0.717) is 4.05 Å². The van der Waals surface area contributed by atoms with Crippen LogP contribution in [0.2, 0.25) is 0 Å². The minimum Gasteiger partial charge on any atom is -0.303 e. The van der Waals surface area contributed by atoms with Crippen LogP contribution < -0.4 is 0 Å². The molecule has 3 heteroatoms. The molecule has 0 radical (unpaired) electrons. The van der Waals surface area contributed by atoms with Crippen LogP contribution in [0.3, 0.4) is 0 Å². The molecule has 0 amide bonds. The van der Waals surface area contributed by atoms with Crippen molar-refractivity contribution in [3.63, 3.8) is 0 Å². The molecule has 2 rings (SSSR count). The van der Waals surface area contributed by atoms with Crippen molar-refractivity contribution in [3.05, 3.63) is 35.9 Å². The number of aldehydes is 1. The average molecular weight is 329 g/mol. The molecule has 0 spiro atoms. The van der Waals surface area contributed by atoms with Gasteiger partial charge in [-0.3, -0.25) is 4.90 Å². The maximum absolute atomic E-state index is 10.7. The molecule has 1 aliphatic heterocycles. The molecule has 1 aromatic carbocycles. The zero-order chi connectivity index (χ0) is 11.4. The zero-order valence-corrected chi connectivity index (χ0v) is 11.3. The van der Waals surface area contributed by atoms with Gasteiger partial charge in [0.1, 0.15) is 6.29 Å². The van der Waals surface area contributed by atoms with Gasteiger partial charge in [-0.05, 0) is 18.4 Å². The summed E-state index contributed by atoms with van der Waals surface area (Å²) >= 11 is 2.48. The lowest BCUT2D eigenvalue weighted by molar-refractivity contribution is -0.112. The maximum Gasteiger partial charge on any atom is 0.123 e. The van der Waals surface area contributed by atoms with E-state index in [-0.39, 0.29) is 5.92 Å². The third kappa shape index (κ3) is 2.83. The van der Waals surface area contributed by atoms with E-state index >= 15 is 0 Å². The Labute approximate surface area is 110 Å². The number of alkyl halides is 1. The first-order valence-corrected chi connectivity index (χ1v) is 6.94. The maximum atomic E-state index is 10.7. The second-order valence-corrected chi connectivity index (χ2v) is 5.44. The Morgan fingerprint density at radius 2 is 1.88 bits per heavy atom. The fourth-order valence-electron chi connectivity index (χ4n) is 2.10. The number of rotatable bonds is 3. The fourth-order valence-corrected chi connectivity index (χ4v) is 3.08. The van der Waals surface area contributed by atoms with Gasteiger partial charge in [0, 0.05) is 19.0 Å². The number of piperidine rings is 1. The van der Waals surface area contributed by atoms with E-state index in [1.165, 1.54) is 5.56 Å². The summed E-state index contributed by atoms with van der Waals surface area (Å²) in [4.78, 5) is 13.1. The van der Waals surface area contributed by atoms with Crippen molar-refractivity contribution in [1.29, 1.82) is 0 Å². The van der Waals surface area contributed by atoms with Crippen LogP contribution in [0.1, 0.15) is 22.5 Å². The van der Waals surface area contributed by atoms with Crippen molar-refractivity contribution >= 4 is 28.9 Å². The Kier molecular flexibility index (Phi) is 4.35. The van der Waals surface area contributed by atoms with Gasteiger partial charge in [-0.15, -0.1) is 0 Å². The molecule has 1 unspecified atom stereocenters. The Morgan fingerprint density at radius 3 is 2.44 bits per heavy atom. The van der Waals surface area contributed by atoms with Gasteiger partial charge in [-0.1, -0.05) is 52.9 Å². The first kappa shape index (κ1) is 12.0. The van der Waals surface area contributed by atoms with Crippen LogP contribution in [-0.4, -0.2) is 24.3 Å². The molecule has 16 heavy (non-hydrogen) atoms. The van der Waals surface area contributed by atoms with Gasteiger partial charge in [0.2, 0.25) is 0 Å². The van der Waals surface area contributed by atoms with E-state index in [1.54, 1.807) is 0 Å². The monoisotopic (exact) mass is 329 g/mol. The number of carbonyl (C=O) groups excluding carboxylic acids is 1. The summed E-state index contributed by atoms with van der Waals surface area (Å²) < 4.78 is 0.436. The van der Waals surface area contributed by atoms with Crippen LogP contribution in [0.25, 0.3) is 0 Å². The second kappa shape index (κ2) is 5.77. The summed E-state index contributed by atoms with van der Waals surface area (Å²) in [5.41, 5.74) is 1.35. The molecule has 1 saturated heterocycles. The summed E-state index contributed by atoms with van der Waals surface area (Å²) in [7, 11) is 0. The van der Waals surface area contributed by atoms with Crippen LogP contribution in [0.15, 0.2) is 30.3 Å². The van der Waals surface area contributed by atoms with Crippen LogP contribution in [0.4, 0.5) is 0 Å². The molecule has 1 fully saturated rings. The molecular formula is C13H16INO. The molecule has 0 N–H and O–H groups in total. The van der Waals surface area contributed by atoms with Crippen molar-refractivity contribution < 1.29 is 4.79 Å². The lowest BCUT2D eigenvalue weighted by atomic mass is 9.98. The fraction of sp³-hybridized carbons (Fsp3) is 0.462. The summed E-state index contributed by atoms with van der Waals surface area (Å²) in [5.74, 6) is 0.288. The van der Waals surface area contributed by atoms with E-state index in [0.717, 1.165) is 32.2 Å². The molecule has 1 aliphatic rings. The number of hydrogen-bond acceptors (Lipinski definition) is 2. The number of halogens is 1. The van der Waals surface area contributed by atoms with Crippen LogP contribution in [0, 0.1) is 5.92 Å². The largest absolute Gasteiger partial charge is 0.303 e. The molecule has 86 valence electrons. The van der Waals surface area contributed by atoms with Gasteiger partial charge in [0.05, 0.1) is 4.05 Å². The Balaban J connectivity index is 1.96. The molecule has 0 aromatic heterocycles. The number of benzene rings is 1. The van der Waals surface area contributed by atoms with Gasteiger partial charge in [0.25, 0.3) is 0 Å². The average Bonchev–Trinajstić information content (AvgIpc) is 2.39. The molecule has 1 atom stereocenters. The molecule has 1 heterocycles. The van der Waals surface area contributed by atoms with Crippen LogP contribution >= 0.6 is 22.6 Å². The molecule has 2 nitrogen and oxygen atoms in total. The van der Waals surface area contributed by atoms with Crippen LogP contribution in [0.5, 0.6) is 0 Å². The second-order valence-electron chi connectivity index (χ2n) is 4.26. The van der Waals surface area contributed by atoms with Gasteiger partial charge < -0.3 is 4.79 Å². The number of hydrogen-bond donors (Lipinski definition) is 0. The minimum absolute atomic E-state index is 0.288. The Bertz CT molecular complexity index is 333. The highest BCUT2D eigenvalue weighted by Gasteiger charge is 2.23. The van der Waals surface area contributed by atoms with Crippen molar-refractivity contribution in [2.24, 2.45) is 5.92 Å². The van der Waals surface area contributed by atoms with Crippen molar-refractivity contribution in [3.8, 4) is 0 Å². The van der Waals surface area contributed by atoms with E-state index in [2.05, 4.69) is 51.8 Å². The van der Waals surface area contributed by atoms with E-state index in [4.69, 9.17) is 0 Å². The topological polar surface area (TPSA) is 20.3 Å². The van der Waals surface area contributed by atoms with E-state index < -0.39 is 0 Å². The Hall–Kier alpha value is -0.420. The normalized spacial score (nSPS) is 20.6. The Morgan fingerprint density at radius 1 is 1.25 bits per heavy atom. The number of carbonyl (C=O) groups is 1. The zero-order valence-electron chi connectivity index (χ0n) is 9.18. The van der Waals surface area contributed by atoms with Crippen molar-refractivity contribution in [2.45, 2.75) is 16.9 Å². The summed E-state index contributed by atoms with van der Waals surface area (Å²) in [6, 6.07) is 10.6. The van der Waals surface area contributed by atoms with Crippen molar-refractivity contribution in [1.82, 2.24) is 4.90 Å². The third-order valence-electron chi connectivity index (χ3n) is 3.16. The third-order valence-corrected chi connectivity index (χ3v) is 4.67. The first-order valence-electron chi connectivity index (χ1n) is 5.69. The predicted molar refractivity (Wildman–Crippen MR) is 73.6 cm³/mol. The summed E-state index contributed by atoms with van der Waals surface area (Å²) in [6.07, 6.45) is 3.13. The number of nitrogens with zero attached hydrogens (tertiary/aromatic N) is 1. The molecule has 0 aliphatic carbocycles. The summed E-state index contributed by atoms with van der Waals surface area (Å²) in [5, 5.41) is 0. The smallest absolute Gasteiger partial charge is 0.123 e. The van der Waals surface area contributed by atoms with Gasteiger partial charge in [-0.25, -0.2) is 0 Å². The predicted octanol–water partition coefficient (Wildman–Crippen LogP) is 3.03. The highest BCUT2D eigenvalue weighted by Crippen LogP contribution is 2.31. The standard InChI is InChI=1S/C13H16INO/c14-13(12-4-2-1-3-5-12)15-8-6-11(10-16)7-9-15/h1-5,10-11,13H,6-9H2. The molecular weight excluding hydrogens is 313 g/mol. The lowest BCUT2D eigenvalue weighted by Crippen LogP contribution is -2.34. The molecule has 0 saturated carbocycles. The van der Waals surface area contributed by atoms with Crippen molar-refractivity contribution in [2.75, 3.05) is 13.1 Å². The van der Waals surface area contributed by atoms with Crippen LogP contribution in [-0.2, 0) is 4.79 Å². The highest BCUT2D eigenvalue weighted by atomic mass is 127. The minimum atomic E-state index is 0.288. The molecule has 0 bridgehead atoms. The SMILES string of the molecule is O=CC1CCN(C(I)c2ccccc2)CC1. The molecule has 1 aromatic rings. The lowest BCUT2D eigenvalue weighted by Gasteiger charge is -2.33. The number of likely N-dealkylation sites (tertiary alicyclic amines) is 1. The van der Waals surface area contributed by atoms with Gasteiger partial charge in [0.15, 0.2) is 0 Å². The quantitative estimate of drug-likeness (QED) is 0.368. The van der Waals surface area contributed by atoms with Gasteiger partial charge in [-0.2, -0.15) is 0 Å².